The van der Waals surface area contributed by atoms with Crippen molar-refractivity contribution >= 4 is 49.0 Å². The van der Waals surface area contributed by atoms with Crippen LogP contribution < -0.4 is 0 Å². The third kappa shape index (κ3) is 2.39. The molecule has 0 spiro atoms. The highest BCUT2D eigenvalue weighted by Gasteiger charge is 2.03. The van der Waals surface area contributed by atoms with Gasteiger partial charge in [0.25, 0.3) is 0 Å². The summed E-state index contributed by atoms with van der Waals surface area (Å²) in [5.41, 5.74) is 0.686. The van der Waals surface area contributed by atoms with E-state index in [0.717, 1.165) is 3.57 Å². The summed E-state index contributed by atoms with van der Waals surface area (Å²) in [4.78, 5) is 10.9. The van der Waals surface area contributed by atoms with Gasteiger partial charge in [-0.3, -0.25) is 4.79 Å². The minimum atomic E-state index is -0.00827. The van der Waals surface area contributed by atoms with Crippen molar-refractivity contribution in [2.45, 2.75) is 0 Å². The third-order valence-corrected chi connectivity index (χ3v) is 2.64. The van der Waals surface area contributed by atoms with Crippen molar-refractivity contribution in [2.75, 3.05) is 0 Å². The maximum atomic E-state index is 10.9. The van der Waals surface area contributed by atoms with Crippen molar-refractivity contribution in [1.82, 2.24) is 0 Å². The van der Waals surface area contributed by atoms with Crippen LogP contribution >= 0.6 is 43.4 Å². The largest absolute Gasteiger partial charge is 0.290 e. The molecule has 0 aliphatic heterocycles. The van der Waals surface area contributed by atoms with E-state index < -0.39 is 0 Å². The lowest BCUT2D eigenvalue weighted by molar-refractivity contribution is 0.108. The van der Waals surface area contributed by atoms with Gasteiger partial charge in [-0.1, -0.05) is 20.8 Å². The smallest absolute Gasteiger partial charge is 0.179 e. The Bertz CT molecular complexity index is 300. The molecule has 0 amide bonds. The maximum absolute atomic E-state index is 10.9. The Morgan fingerprint density at radius 1 is 1.55 bits per heavy atom. The summed E-state index contributed by atoms with van der Waals surface area (Å²) in [6.45, 7) is 0. The van der Waals surface area contributed by atoms with Gasteiger partial charge >= 0.3 is 0 Å². The first-order valence-electron chi connectivity index (χ1n) is 2.86. The summed E-state index contributed by atoms with van der Waals surface area (Å²) in [7, 11) is 2.14. The SMILES string of the molecule is O=C(P)c1ccc(Cl)cc1I. The number of rotatable bonds is 1. The Hall–Kier alpha value is 0.340. The lowest BCUT2D eigenvalue weighted by Gasteiger charge is -1.98. The van der Waals surface area contributed by atoms with Crippen LogP contribution in [0.4, 0.5) is 0 Å². The Morgan fingerprint density at radius 3 is 2.64 bits per heavy atom. The molecule has 1 aromatic carbocycles. The third-order valence-electron chi connectivity index (χ3n) is 1.20. The molecular weight excluding hydrogens is 293 g/mol. The predicted molar refractivity (Wildman–Crippen MR) is 58.2 cm³/mol. The number of carbonyl (C=O) groups excluding carboxylic acids is 1. The van der Waals surface area contributed by atoms with E-state index in [-0.39, 0.29) is 5.52 Å². The molecule has 0 radical (unpaired) electrons. The number of halogens is 2. The van der Waals surface area contributed by atoms with E-state index in [1.165, 1.54) is 0 Å². The van der Waals surface area contributed by atoms with E-state index in [1.807, 2.05) is 0 Å². The quantitative estimate of drug-likeness (QED) is 0.575. The molecule has 4 heteroatoms. The average Bonchev–Trinajstić information content (AvgIpc) is 1.85. The monoisotopic (exact) mass is 298 g/mol. The van der Waals surface area contributed by atoms with Crippen LogP contribution in [0.25, 0.3) is 0 Å². The van der Waals surface area contributed by atoms with E-state index in [4.69, 9.17) is 11.6 Å². The Morgan fingerprint density at radius 2 is 2.18 bits per heavy atom. The molecule has 58 valence electrons. The van der Waals surface area contributed by atoms with Gasteiger partial charge < -0.3 is 0 Å². The van der Waals surface area contributed by atoms with Gasteiger partial charge in [-0.25, -0.2) is 0 Å². The van der Waals surface area contributed by atoms with Gasteiger partial charge in [-0.05, 0) is 40.8 Å². The zero-order valence-corrected chi connectivity index (χ0v) is 9.54. The molecule has 11 heavy (non-hydrogen) atoms. The summed E-state index contributed by atoms with van der Waals surface area (Å²) in [6.07, 6.45) is 0. The van der Waals surface area contributed by atoms with Crippen molar-refractivity contribution in [3.8, 4) is 0 Å². The first-order valence-corrected chi connectivity index (χ1v) is 4.89. The lowest BCUT2D eigenvalue weighted by Crippen LogP contribution is -1.91. The predicted octanol–water partition coefficient (Wildman–Crippen LogP) is 2.96. The topological polar surface area (TPSA) is 17.1 Å². The highest BCUT2D eigenvalue weighted by molar-refractivity contribution is 14.1. The van der Waals surface area contributed by atoms with Gasteiger partial charge in [0, 0.05) is 14.2 Å². The zero-order chi connectivity index (χ0) is 8.43. The van der Waals surface area contributed by atoms with E-state index in [0.29, 0.717) is 10.6 Å². The standard InChI is InChI=1S/C7H5ClIOP/c8-4-1-2-5(7(10)11)6(9)3-4/h1-3H,11H2. The summed E-state index contributed by atoms with van der Waals surface area (Å²) in [5.74, 6) is 0. The second-order valence-electron chi connectivity index (χ2n) is 1.99. The molecule has 0 saturated heterocycles. The summed E-state index contributed by atoms with van der Waals surface area (Å²) in [5, 5.41) is 0.657. The first-order chi connectivity index (χ1) is 5.11. The lowest BCUT2D eigenvalue weighted by atomic mass is 10.2. The van der Waals surface area contributed by atoms with E-state index in [1.54, 1.807) is 18.2 Å². The average molecular weight is 298 g/mol. The molecule has 1 unspecified atom stereocenters. The van der Waals surface area contributed by atoms with Crippen LogP contribution in [0.1, 0.15) is 10.4 Å². The number of benzene rings is 1. The zero-order valence-electron chi connectivity index (χ0n) is 5.47. The highest BCUT2D eigenvalue weighted by atomic mass is 127. The van der Waals surface area contributed by atoms with Crippen molar-refractivity contribution in [3.63, 3.8) is 0 Å². The molecule has 0 N–H and O–H groups in total. The first kappa shape index (κ1) is 9.43. The minimum Gasteiger partial charge on any atom is -0.290 e. The second kappa shape index (κ2) is 3.83. The molecule has 0 fully saturated rings. The number of hydrogen-bond acceptors (Lipinski definition) is 1. The highest BCUT2D eigenvalue weighted by Crippen LogP contribution is 2.19. The van der Waals surface area contributed by atoms with Crippen LogP contribution in [0.5, 0.6) is 0 Å². The van der Waals surface area contributed by atoms with Crippen molar-refractivity contribution in [3.05, 3.63) is 32.4 Å². The maximum Gasteiger partial charge on any atom is 0.179 e. The fourth-order valence-corrected chi connectivity index (χ4v) is 2.37. The van der Waals surface area contributed by atoms with E-state index in [9.17, 15) is 4.79 Å². The van der Waals surface area contributed by atoms with Gasteiger partial charge in [0.05, 0.1) is 0 Å². The van der Waals surface area contributed by atoms with Crippen molar-refractivity contribution in [2.24, 2.45) is 0 Å². The van der Waals surface area contributed by atoms with Gasteiger partial charge in [0.1, 0.15) is 0 Å². The summed E-state index contributed by atoms with van der Waals surface area (Å²) in [6, 6.07) is 5.19. The summed E-state index contributed by atoms with van der Waals surface area (Å²) < 4.78 is 0.884. The van der Waals surface area contributed by atoms with Crippen molar-refractivity contribution in [1.29, 1.82) is 0 Å². The van der Waals surface area contributed by atoms with Gasteiger partial charge in [0.15, 0.2) is 5.52 Å². The van der Waals surface area contributed by atoms with Crippen LogP contribution in [0.3, 0.4) is 0 Å². The van der Waals surface area contributed by atoms with Gasteiger partial charge in [-0.2, -0.15) is 0 Å². The molecule has 0 bridgehead atoms. The molecule has 1 aromatic rings. The van der Waals surface area contributed by atoms with Crippen LogP contribution in [0.15, 0.2) is 18.2 Å². The molecule has 0 saturated carbocycles. The molecule has 0 aromatic heterocycles. The summed E-state index contributed by atoms with van der Waals surface area (Å²) >= 11 is 7.78. The molecular formula is C7H5ClIOP. The molecule has 0 heterocycles. The Kier molecular flexibility index (Phi) is 3.29. The molecule has 1 rings (SSSR count). The second-order valence-corrected chi connectivity index (χ2v) is 4.11. The van der Waals surface area contributed by atoms with Crippen LogP contribution in [0.2, 0.25) is 5.02 Å². The van der Waals surface area contributed by atoms with Crippen LogP contribution in [-0.4, -0.2) is 5.52 Å². The normalized spacial score (nSPS) is 9.73. The number of carbonyl (C=O) groups is 1. The molecule has 1 nitrogen and oxygen atoms in total. The molecule has 0 aliphatic rings. The molecule has 0 aliphatic carbocycles. The fourth-order valence-electron chi connectivity index (χ4n) is 0.689. The molecule has 1 atom stereocenters. The fraction of sp³-hybridized carbons (Fsp3) is 0. The van der Waals surface area contributed by atoms with Gasteiger partial charge in [-0.15, -0.1) is 0 Å². The van der Waals surface area contributed by atoms with E-state index >= 15 is 0 Å². The minimum absolute atomic E-state index is 0.00827. The Labute approximate surface area is 85.9 Å². The van der Waals surface area contributed by atoms with Crippen molar-refractivity contribution < 1.29 is 4.79 Å². The van der Waals surface area contributed by atoms with E-state index in [2.05, 4.69) is 31.8 Å². The Balaban J connectivity index is 3.20. The van der Waals surface area contributed by atoms with Crippen LogP contribution in [-0.2, 0) is 0 Å². The van der Waals surface area contributed by atoms with Gasteiger partial charge in [0.2, 0.25) is 0 Å². The number of hydrogen-bond donors (Lipinski definition) is 0. The van der Waals surface area contributed by atoms with Crippen LogP contribution in [0, 0.1) is 3.57 Å².